The van der Waals surface area contributed by atoms with Crippen molar-refractivity contribution in [3.63, 3.8) is 0 Å². The second-order valence-electron chi connectivity index (χ2n) is 3.57. The summed E-state index contributed by atoms with van der Waals surface area (Å²) in [6.07, 6.45) is 2.14. The number of nitrogens with one attached hydrogen (secondary N) is 1. The second-order valence-corrected chi connectivity index (χ2v) is 5.71. The van der Waals surface area contributed by atoms with E-state index < -0.39 is 0 Å². The van der Waals surface area contributed by atoms with Crippen LogP contribution >= 0.6 is 23.1 Å². The molecule has 1 aliphatic rings. The summed E-state index contributed by atoms with van der Waals surface area (Å²) in [5.74, 6) is 2.27. The zero-order valence-electron chi connectivity index (χ0n) is 8.36. The third-order valence-electron chi connectivity index (χ3n) is 2.46. The number of nitrogen functional groups attached to an aromatic ring is 1. The maximum atomic E-state index is 11.8. The standard InChI is InChI=1S/C10H14N2OS2/c11-8-3-6-15-9(8)10(13)12-7-1-4-14-5-2-7/h3,6-7H,1-2,4-5,11H2,(H,12,13). The van der Waals surface area contributed by atoms with Gasteiger partial charge in [-0.3, -0.25) is 4.79 Å². The van der Waals surface area contributed by atoms with Gasteiger partial charge in [-0.05, 0) is 35.8 Å². The van der Waals surface area contributed by atoms with Gasteiger partial charge in [0.1, 0.15) is 4.88 Å². The van der Waals surface area contributed by atoms with Gasteiger partial charge in [0.25, 0.3) is 5.91 Å². The minimum atomic E-state index is -0.0144. The van der Waals surface area contributed by atoms with Gasteiger partial charge in [-0.25, -0.2) is 0 Å². The van der Waals surface area contributed by atoms with E-state index in [1.54, 1.807) is 6.07 Å². The van der Waals surface area contributed by atoms with E-state index >= 15 is 0 Å². The van der Waals surface area contributed by atoms with Gasteiger partial charge in [0.15, 0.2) is 0 Å². The van der Waals surface area contributed by atoms with Crippen molar-refractivity contribution in [3.05, 3.63) is 16.3 Å². The first-order valence-electron chi connectivity index (χ1n) is 4.99. The number of carbonyl (C=O) groups excluding carboxylic acids is 1. The topological polar surface area (TPSA) is 55.1 Å². The third-order valence-corrected chi connectivity index (χ3v) is 4.44. The van der Waals surface area contributed by atoms with Crippen molar-refractivity contribution in [1.82, 2.24) is 5.32 Å². The summed E-state index contributed by atoms with van der Waals surface area (Å²) in [5.41, 5.74) is 6.28. The lowest BCUT2D eigenvalue weighted by molar-refractivity contribution is 0.0940. The van der Waals surface area contributed by atoms with Crippen molar-refractivity contribution >= 4 is 34.7 Å². The summed E-state index contributed by atoms with van der Waals surface area (Å²) in [6, 6.07) is 2.11. The van der Waals surface area contributed by atoms with Crippen molar-refractivity contribution in [2.75, 3.05) is 17.2 Å². The Morgan fingerprint density at radius 1 is 1.47 bits per heavy atom. The molecule has 82 valence electrons. The van der Waals surface area contributed by atoms with E-state index in [4.69, 9.17) is 5.73 Å². The molecule has 1 aromatic heterocycles. The van der Waals surface area contributed by atoms with Crippen LogP contribution in [0.1, 0.15) is 22.5 Å². The van der Waals surface area contributed by atoms with E-state index in [9.17, 15) is 4.79 Å². The average molecular weight is 242 g/mol. The van der Waals surface area contributed by atoms with E-state index in [1.165, 1.54) is 11.3 Å². The summed E-state index contributed by atoms with van der Waals surface area (Å²) in [6.45, 7) is 0. The Morgan fingerprint density at radius 3 is 2.80 bits per heavy atom. The van der Waals surface area contributed by atoms with Crippen LogP contribution in [0.2, 0.25) is 0 Å². The molecular weight excluding hydrogens is 228 g/mol. The zero-order chi connectivity index (χ0) is 10.7. The summed E-state index contributed by atoms with van der Waals surface area (Å²) in [4.78, 5) is 12.5. The van der Waals surface area contributed by atoms with Crippen molar-refractivity contribution in [2.24, 2.45) is 0 Å². The summed E-state index contributed by atoms with van der Waals surface area (Å²) in [7, 11) is 0. The summed E-state index contributed by atoms with van der Waals surface area (Å²) >= 11 is 3.36. The van der Waals surface area contributed by atoms with Crippen LogP contribution in [0, 0.1) is 0 Å². The predicted octanol–water partition coefficient (Wildman–Crippen LogP) is 1.96. The van der Waals surface area contributed by atoms with E-state index in [0.29, 0.717) is 16.6 Å². The van der Waals surface area contributed by atoms with Gasteiger partial charge in [0.2, 0.25) is 0 Å². The fourth-order valence-corrected chi connectivity index (χ4v) is 3.42. The predicted molar refractivity (Wildman–Crippen MR) is 66.5 cm³/mol. The maximum Gasteiger partial charge on any atom is 0.263 e. The molecule has 0 spiro atoms. The van der Waals surface area contributed by atoms with Crippen LogP contribution in [-0.4, -0.2) is 23.5 Å². The largest absolute Gasteiger partial charge is 0.397 e. The van der Waals surface area contributed by atoms with Gasteiger partial charge >= 0.3 is 0 Å². The zero-order valence-corrected chi connectivity index (χ0v) is 10.00. The van der Waals surface area contributed by atoms with Crippen LogP contribution in [0.5, 0.6) is 0 Å². The van der Waals surface area contributed by atoms with Crippen LogP contribution in [0.15, 0.2) is 11.4 Å². The molecule has 1 saturated heterocycles. The Balaban J connectivity index is 1.94. The van der Waals surface area contributed by atoms with Gasteiger partial charge in [0, 0.05) is 6.04 Å². The number of nitrogens with two attached hydrogens (primary N) is 1. The van der Waals surface area contributed by atoms with Gasteiger partial charge in [-0.1, -0.05) is 0 Å². The number of thiophene rings is 1. The lowest BCUT2D eigenvalue weighted by Crippen LogP contribution is -2.37. The lowest BCUT2D eigenvalue weighted by Gasteiger charge is -2.22. The van der Waals surface area contributed by atoms with Crippen molar-refractivity contribution < 1.29 is 4.79 Å². The number of hydrogen-bond donors (Lipinski definition) is 2. The van der Waals surface area contributed by atoms with Crippen molar-refractivity contribution in [3.8, 4) is 0 Å². The Hall–Kier alpha value is -0.680. The third kappa shape index (κ3) is 2.66. The molecule has 1 amide bonds. The second kappa shape index (κ2) is 4.90. The van der Waals surface area contributed by atoms with Gasteiger partial charge < -0.3 is 11.1 Å². The highest BCUT2D eigenvalue weighted by Crippen LogP contribution is 2.21. The molecule has 2 rings (SSSR count). The van der Waals surface area contributed by atoms with E-state index in [-0.39, 0.29) is 5.91 Å². The molecule has 2 heterocycles. The average Bonchev–Trinajstić information content (AvgIpc) is 2.66. The highest BCUT2D eigenvalue weighted by atomic mass is 32.2. The Labute approximate surface area is 97.4 Å². The Bertz CT molecular complexity index is 345. The first-order chi connectivity index (χ1) is 7.27. The number of hydrogen-bond acceptors (Lipinski definition) is 4. The highest BCUT2D eigenvalue weighted by molar-refractivity contribution is 7.99. The molecule has 0 aliphatic carbocycles. The SMILES string of the molecule is Nc1ccsc1C(=O)NC1CCSCC1. The van der Waals surface area contributed by atoms with Crippen LogP contribution in [0.3, 0.4) is 0 Å². The molecule has 5 heteroatoms. The van der Waals surface area contributed by atoms with Crippen molar-refractivity contribution in [2.45, 2.75) is 18.9 Å². The summed E-state index contributed by atoms with van der Waals surface area (Å²) in [5, 5.41) is 4.89. The minimum absolute atomic E-state index is 0.0144. The number of anilines is 1. The smallest absolute Gasteiger partial charge is 0.263 e. The molecule has 15 heavy (non-hydrogen) atoms. The summed E-state index contributed by atoms with van der Waals surface area (Å²) < 4.78 is 0. The fourth-order valence-electron chi connectivity index (χ4n) is 1.60. The molecule has 3 nitrogen and oxygen atoms in total. The van der Waals surface area contributed by atoms with Crippen LogP contribution in [0.4, 0.5) is 5.69 Å². The molecular formula is C10H14N2OS2. The normalized spacial score (nSPS) is 17.6. The molecule has 0 saturated carbocycles. The molecule has 0 atom stereocenters. The molecule has 1 fully saturated rings. The Kier molecular flexibility index (Phi) is 3.53. The number of carbonyl (C=O) groups is 1. The molecule has 0 aromatic carbocycles. The van der Waals surface area contributed by atoms with Crippen molar-refractivity contribution in [1.29, 1.82) is 0 Å². The molecule has 1 aliphatic heterocycles. The Morgan fingerprint density at radius 2 is 2.20 bits per heavy atom. The molecule has 1 aromatic rings. The minimum Gasteiger partial charge on any atom is -0.397 e. The van der Waals surface area contributed by atoms with Gasteiger partial charge in [0.05, 0.1) is 5.69 Å². The number of amides is 1. The monoisotopic (exact) mass is 242 g/mol. The van der Waals surface area contributed by atoms with Crippen LogP contribution in [-0.2, 0) is 0 Å². The quantitative estimate of drug-likeness (QED) is 0.833. The fraction of sp³-hybridized carbons (Fsp3) is 0.500. The van der Waals surface area contributed by atoms with E-state index in [2.05, 4.69) is 5.32 Å². The first-order valence-corrected chi connectivity index (χ1v) is 7.02. The van der Waals surface area contributed by atoms with E-state index in [1.807, 2.05) is 17.1 Å². The number of thioether (sulfide) groups is 1. The van der Waals surface area contributed by atoms with E-state index in [0.717, 1.165) is 24.3 Å². The first kappa shape index (κ1) is 10.8. The molecule has 0 bridgehead atoms. The molecule has 3 N–H and O–H groups in total. The lowest BCUT2D eigenvalue weighted by atomic mass is 10.1. The maximum absolute atomic E-state index is 11.8. The molecule has 0 unspecified atom stereocenters. The van der Waals surface area contributed by atoms with Crippen LogP contribution in [0.25, 0.3) is 0 Å². The molecule has 0 radical (unpaired) electrons. The number of rotatable bonds is 2. The highest BCUT2D eigenvalue weighted by Gasteiger charge is 2.18. The van der Waals surface area contributed by atoms with Gasteiger partial charge in [-0.2, -0.15) is 11.8 Å². The van der Waals surface area contributed by atoms with Gasteiger partial charge in [-0.15, -0.1) is 11.3 Å². The van der Waals surface area contributed by atoms with Crippen LogP contribution < -0.4 is 11.1 Å².